The molecule has 0 atom stereocenters. The zero-order valence-corrected chi connectivity index (χ0v) is 12.9. The van der Waals surface area contributed by atoms with Crippen LogP contribution in [0.2, 0.25) is 0 Å². The summed E-state index contributed by atoms with van der Waals surface area (Å²) in [5.74, 6) is 1.50. The van der Waals surface area contributed by atoms with E-state index in [-0.39, 0.29) is 10.6 Å². The van der Waals surface area contributed by atoms with Crippen LogP contribution in [0.1, 0.15) is 0 Å². The molecule has 0 saturated carbocycles. The Morgan fingerprint density at radius 3 is 2.89 bits per heavy atom. The van der Waals surface area contributed by atoms with Crippen LogP contribution in [-0.4, -0.2) is 26.5 Å². The van der Waals surface area contributed by atoms with E-state index in [9.17, 15) is 8.42 Å². The minimum Gasteiger partial charge on any atom is -0.398 e. The molecular formula is C11H15BrN2O2S2. The molecule has 0 bridgehead atoms. The molecule has 3 N–H and O–H groups in total. The summed E-state index contributed by atoms with van der Waals surface area (Å²) in [6, 6.07) is 4.76. The number of rotatable bonds is 7. The maximum Gasteiger partial charge on any atom is 0.242 e. The monoisotopic (exact) mass is 350 g/mol. The maximum atomic E-state index is 12.0. The Bertz CT molecular complexity index is 518. The van der Waals surface area contributed by atoms with Gasteiger partial charge in [0.15, 0.2) is 0 Å². The lowest BCUT2D eigenvalue weighted by Crippen LogP contribution is -2.26. The number of thioether (sulfide) groups is 1. The van der Waals surface area contributed by atoms with Crippen LogP contribution >= 0.6 is 27.7 Å². The number of halogens is 1. The van der Waals surface area contributed by atoms with Gasteiger partial charge in [-0.05, 0) is 18.2 Å². The molecule has 0 spiro atoms. The van der Waals surface area contributed by atoms with Crippen molar-refractivity contribution in [2.24, 2.45) is 0 Å². The molecule has 100 valence electrons. The van der Waals surface area contributed by atoms with E-state index in [1.165, 1.54) is 6.07 Å². The Morgan fingerprint density at radius 1 is 1.50 bits per heavy atom. The van der Waals surface area contributed by atoms with Gasteiger partial charge in [-0.2, -0.15) is 11.8 Å². The third-order valence-electron chi connectivity index (χ3n) is 2.04. The summed E-state index contributed by atoms with van der Waals surface area (Å²) in [6.45, 7) is 3.96. The van der Waals surface area contributed by atoms with Crippen molar-refractivity contribution in [3.8, 4) is 0 Å². The van der Waals surface area contributed by atoms with E-state index in [1.54, 1.807) is 30.0 Å². The zero-order valence-electron chi connectivity index (χ0n) is 9.73. The van der Waals surface area contributed by atoms with E-state index < -0.39 is 10.0 Å². The van der Waals surface area contributed by atoms with Crippen molar-refractivity contribution in [3.63, 3.8) is 0 Å². The van der Waals surface area contributed by atoms with Crippen molar-refractivity contribution in [1.29, 1.82) is 0 Å². The first-order valence-electron chi connectivity index (χ1n) is 5.20. The fourth-order valence-corrected chi connectivity index (χ4v) is 3.64. The van der Waals surface area contributed by atoms with Crippen molar-refractivity contribution in [2.45, 2.75) is 4.90 Å². The van der Waals surface area contributed by atoms with Crippen molar-refractivity contribution < 1.29 is 8.42 Å². The first-order chi connectivity index (χ1) is 8.47. The second kappa shape index (κ2) is 7.18. The molecule has 0 aliphatic rings. The first kappa shape index (κ1) is 15.6. The maximum absolute atomic E-state index is 12.0. The lowest BCUT2D eigenvalue weighted by molar-refractivity contribution is 0.584. The molecule has 7 heteroatoms. The van der Waals surface area contributed by atoms with Gasteiger partial charge < -0.3 is 5.73 Å². The molecule has 4 nitrogen and oxygen atoms in total. The molecule has 0 aliphatic carbocycles. The molecule has 0 radical (unpaired) electrons. The number of nitrogens with two attached hydrogens (primary N) is 1. The van der Waals surface area contributed by atoms with Crippen LogP contribution in [0.15, 0.2) is 40.2 Å². The summed E-state index contributed by atoms with van der Waals surface area (Å²) in [5.41, 5.74) is 5.91. The van der Waals surface area contributed by atoms with E-state index in [1.807, 2.05) is 0 Å². The number of hydrogen-bond acceptors (Lipinski definition) is 4. The van der Waals surface area contributed by atoms with Crippen LogP contribution in [0.25, 0.3) is 0 Å². The Balaban J connectivity index is 2.68. The highest BCUT2D eigenvalue weighted by Gasteiger charge is 2.16. The van der Waals surface area contributed by atoms with Gasteiger partial charge in [-0.25, -0.2) is 13.1 Å². The third kappa shape index (κ3) is 4.64. The van der Waals surface area contributed by atoms with Crippen LogP contribution in [0.3, 0.4) is 0 Å². The Labute approximate surface area is 120 Å². The molecule has 0 fully saturated rings. The van der Waals surface area contributed by atoms with E-state index in [0.717, 1.165) is 5.75 Å². The highest BCUT2D eigenvalue weighted by Crippen LogP contribution is 2.22. The molecule has 0 aromatic heterocycles. The van der Waals surface area contributed by atoms with Crippen molar-refractivity contribution in [2.75, 3.05) is 23.8 Å². The van der Waals surface area contributed by atoms with Gasteiger partial charge in [-0.3, -0.25) is 0 Å². The van der Waals surface area contributed by atoms with Crippen LogP contribution in [-0.2, 0) is 10.0 Å². The smallest absolute Gasteiger partial charge is 0.242 e. The van der Waals surface area contributed by atoms with E-state index in [4.69, 9.17) is 5.73 Å². The summed E-state index contributed by atoms with van der Waals surface area (Å²) in [7, 11) is -3.54. The van der Waals surface area contributed by atoms with Gasteiger partial charge in [0.2, 0.25) is 10.0 Å². The van der Waals surface area contributed by atoms with Crippen molar-refractivity contribution in [3.05, 3.63) is 35.3 Å². The second-order valence-electron chi connectivity index (χ2n) is 3.44. The van der Waals surface area contributed by atoms with Gasteiger partial charge in [0, 0.05) is 22.5 Å². The molecule has 0 aliphatic heterocycles. The van der Waals surface area contributed by atoms with Crippen LogP contribution in [0.4, 0.5) is 5.69 Å². The summed E-state index contributed by atoms with van der Waals surface area (Å²) >= 11 is 4.84. The van der Waals surface area contributed by atoms with E-state index in [0.29, 0.717) is 16.8 Å². The topological polar surface area (TPSA) is 72.2 Å². The van der Waals surface area contributed by atoms with Crippen molar-refractivity contribution in [1.82, 2.24) is 4.72 Å². The quantitative estimate of drug-likeness (QED) is 0.449. The van der Waals surface area contributed by atoms with E-state index in [2.05, 4.69) is 27.2 Å². The molecule has 0 saturated heterocycles. The molecule has 18 heavy (non-hydrogen) atoms. The third-order valence-corrected chi connectivity index (χ3v) is 5.01. The minimum atomic E-state index is -3.54. The molecule has 1 aromatic carbocycles. The summed E-state index contributed by atoms with van der Waals surface area (Å²) in [4.78, 5) is 0.102. The first-order valence-corrected chi connectivity index (χ1v) is 8.64. The highest BCUT2D eigenvalue weighted by molar-refractivity contribution is 9.10. The molecule has 1 aromatic rings. The van der Waals surface area contributed by atoms with E-state index >= 15 is 0 Å². The van der Waals surface area contributed by atoms with Crippen LogP contribution in [0, 0.1) is 0 Å². The largest absolute Gasteiger partial charge is 0.398 e. The zero-order chi connectivity index (χ0) is 13.6. The number of nitrogen functional groups attached to an aromatic ring is 1. The summed E-state index contributed by atoms with van der Waals surface area (Å²) in [6.07, 6.45) is 1.78. The summed E-state index contributed by atoms with van der Waals surface area (Å²) in [5, 5.41) is 0. The van der Waals surface area contributed by atoms with Crippen LogP contribution < -0.4 is 10.5 Å². The molecular weight excluding hydrogens is 336 g/mol. The highest BCUT2D eigenvalue weighted by atomic mass is 79.9. The lowest BCUT2D eigenvalue weighted by atomic mass is 10.3. The predicted octanol–water partition coefficient (Wildman–Crippen LogP) is 2.23. The van der Waals surface area contributed by atoms with Gasteiger partial charge in [0.25, 0.3) is 0 Å². The van der Waals surface area contributed by atoms with Gasteiger partial charge >= 0.3 is 0 Å². The fourth-order valence-electron chi connectivity index (χ4n) is 1.23. The number of sulfonamides is 1. The lowest BCUT2D eigenvalue weighted by Gasteiger charge is -2.09. The number of anilines is 1. The van der Waals surface area contributed by atoms with Gasteiger partial charge in [-0.15, -0.1) is 6.58 Å². The summed E-state index contributed by atoms with van der Waals surface area (Å²) < 4.78 is 27.2. The SMILES string of the molecule is C=CCSCCNS(=O)(=O)c1cc(Br)ccc1N. The normalized spacial score (nSPS) is 11.4. The average Bonchev–Trinajstić information content (AvgIpc) is 2.32. The molecule has 0 heterocycles. The van der Waals surface area contributed by atoms with Gasteiger partial charge in [0.05, 0.1) is 5.69 Å². The van der Waals surface area contributed by atoms with Crippen molar-refractivity contribution >= 4 is 43.4 Å². The Hall–Kier alpha value is -0.500. The number of nitrogens with one attached hydrogen (secondary N) is 1. The predicted molar refractivity (Wildman–Crippen MR) is 81.3 cm³/mol. The average molecular weight is 351 g/mol. The van der Waals surface area contributed by atoms with Crippen LogP contribution in [0.5, 0.6) is 0 Å². The standard InChI is InChI=1S/C11H15BrN2O2S2/c1-2-6-17-7-5-14-18(15,16)11-8-9(12)3-4-10(11)13/h2-4,8,14H,1,5-7,13H2. The van der Waals surface area contributed by atoms with Gasteiger partial charge in [-0.1, -0.05) is 22.0 Å². The Kier molecular flexibility index (Phi) is 6.20. The second-order valence-corrected chi connectivity index (χ2v) is 7.24. The minimum absolute atomic E-state index is 0.102. The fraction of sp³-hybridized carbons (Fsp3) is 0.273. The Morgan fingerprint density at radius 2 is 2.22 bits per heavy atom. The number of benzene rings is 1. The molecule has 1 rings (SSSR count). The van der Waals surface area contributed by atoms with Gasteiger partial charge in [0.1, 0.15) is 4.90 Å². The number of hydrogen-bond donors (Lipinski definition) is 2. The molecule has 0 unspecified atom stereocenters. The molecule has 0 amide bonds.